The number of carbonyl (C=O) groups is 1. The van der Waals surface area contributed by atoms with E-state index in [1.165, 1.54) is 12.1 Å². The minimum Gasteiger partial charge on any atom is -0.478 e. The molecule has 0 saturated carbocycles. The lowest BCUT2D eigenvalue weighted by Crippen LogP contribution is -2.22. The van der Waals surface area contributed by atoms with Gasteiger partial charge in [0, 0.05) is 11.0 Å². The maximum Gasteiger partial charge on any atom is 0.335 e. The summed E-state index contributed by atoms with van der Waals surface area (Å²) in [5, 5.41) is 10.6. The van der Waals surface area contributed by atoms with Crippen molar-refractivity contribution in [2.45, 2.75) is 10.8 Å². The summed E-state index contributed by atoms with van der Waals surface area (Å²) in [6, 6.07) is 7.79. The van der Waals surface area contributed by atoms with Crippen LogP contribution in [0.15, 0.2) is 44.4 Å². The summed E-state index contributed by atoms with van der Waals surface area (Å²) >= 11 is 4.28. The highest BCUT2D eigenvalue weighted by Gasteiger charge is 2.18. The lowest BCUT2D eigenvalue weighted by atomic mass is 10.1. The highest BCUT2D eigenvalue weighted by molar-refractivity contribution is 9.10. The highest BCUT2D eigenvalue weighted by Crippen LogP contribution is 2.27. The third-order valence-corrected chi connectivity index (χ3v) is 6.54. The van der Waals surface area contributed by atoms with E-state index in [-0.39, 0.29) is 16.3 Å². The molecule has 0 bridgehead atoms. The summed E-state index contributed by atoms with van der Waals surface area (Å²) in [6.45, 7) is 0.0355. The average Bonchev–Trinajstić information content (AvgIpc) is 2.84. The summed E-state index contributed by atoms with van der Waals surface area (Å²) in [7, 11) is -3.60. The van der Waals surface area contributed by atoms with Gasteiger partial charge in [0.25, 0.3) is 10.0 Å². The molecular formula is C12H10BrNO4S2. The zero-order chi connectivity index (χ0) is 14.8. The number of nitrogens with one attached hydrogen (secondary N) is 1. The molecular weight excluding hydrogens is 366 g/mol. The van der Waals surface area contributed by atoms with Crippen molar-refractivity contribution in [3.05, 3.63) is 51.3 Å². The molecule has 0 radical (unpaired) electrons. The first-order chi connectivity index (χ1) is 9.40. The van der Waals surface area contributed by atoms with E-state index in [4.69, 9.17) is 5.11 Å². The molecule has 1 aromatic carbocycles. The van der Waals surface area contributed by atoms with Gasteiger partial charge in [-0.1, -0.05) is 12.1 Å². The fraction of sp³-hybridized carbons (Fsp3) is 0.0833. The largest absolute Gasteiger partial charge is 0.478 e. The van der Waals surface area contributed by atoms with Gasteiger partial charge < -0.3 is 5.11 Å². The molecule has 1 aromatic heterocycles. The van der Waals surface area contributed by atoms with Crippen LogP contribution >= 0.6 is 27.3 Å². The molecule has 0 saturated heterocycles. The Morgan fingerprint density at radius 3 is 2.70 bits per heavy atom. The molecule has 5 nitrogen and oxygen atoms in total. The molecule has 0 atom stereocenters. The van der Waals surface area contributed by atoms with Gasteiger partial charge in [-0.25, -0.2) is 17.9 Å². The van der Waals surface area contributed by atoms with Gasteiger partial charge in [-0.3, -0.25) is 0 Å². The Bertz CT molecular complexity index is 739. The molecule has 1 heterocycles. The predicted octanol–water partition coefficient (Wildman–Crippen LogP) is 2.69. The number of hydrogen-bond acceptors (Lipinski definition) is 4. The topological polar surface area (TPSA) is 83.5 Å². The quantitative estimate of drug-likeness (QED) is 0.841. The van der Waals surface area contributed by atoms with Gasteiger partial charge in [0.2, 0.25) is 0 Å². The molecule has 2 rings (SSSR count). The zero-order valence-corrected chi connectivity index (χ0v) is 13.3. The minimum atomic E-state index is -3.60. The summed E-state index contributed by atoms with van der Waals surface area (Å²) < 4.78 is 27.3. The molecule has 106 valence electrons. The van der Waals surface area contributed by atoms with Gasteiger partial charge in [-0.05, 0) is 45.1 Å². The molecule has 2 aromatic rings. The molecule has 0 fully saturated rings. The van der Waals surface area contributed by atoms with E-state index >= 15 is 0 Å². The fourth-order valence-electron chi connectivity index (χ4n) is 1.53. The SMILES string of the molecule is O=C(O)c1cccc(CNS(=O)(=O)c2sccc2Br)c1. The Hall–Kier alpha value is -1.22. The van der Waals surface area contributed by atoms with E-state index in [1.807, 2.05) is 0 Å². The maximum atomic E-state index is 12.1. The number of carboxylic acid groups (broad SMARTS) is 1. The number of rotatable bonds is 5. The Balaban J connectivity index is 2.15. The Morgan fingerprint density at radius 1 is 1.35 bits per heavy atom. The maximum absolute atomic E-state index is 12.1. The number of hydrogen-bond donors (Lipinski definition) is 2. The van der Waals surface area contributed by atoms with Crippen LogP contribution in [0.3, 0.4) is 0 Å². The van der Waals surface area contributed by atoms with E-state index in [0.717, 1.165) is 11.3 Å². The van der Waals surface area contributed by atoms with Crippen molar-refractivity contribution in [1.29, 1.82) is 0 Å². The molecule has 0 amide bonds. The third kappa shape index (κ3) is 3.45. The lowest BCUT2D eigenvalue weighted by Gasteiger charge is -2.06. The van der Waals surface area contributed by atoms with Crippen LogP contribution in [-0.4, -0.2) is 19.5 Å². The smallest absolute Gasteiger partial charge is 0.335 e. The van der Waals surface area contributed by atoms with Crippen molar-refractivity contribution < 1.29 is 18.3 Å². The standard InChI is InChI=1S/C12H10BrNO4S2/c13-10-4-5-19-12(10)20(17,18)14-7-8-2-1-3-9(6-8)11(15)16/h1-6,14H,7H2,(H,15,16). The van der Waals surface area contributed by atoms with Crippen molar-refractivity contribution in [2.24, 2.45) is 0 Å². The number of sulfonamides is 1. The molecule has 0 unspecified atom stereocenters. The van der Waals surface area contributed by atoms with Crippen LogP contribution in [-0.2, 0) is 16.6 Å². The van der Waals surface area contributed by atoms with Crippen molar-refractivity contribution in [3.63, 3.8) is 0 Å². The van der Waals surface area contributed by atoms with Crippen LogP contribution in [0.25, 0.3) is 0 Å². The summed E-state index contributed by atoms with van der Waals surface area (Å²) in [4.78, 5) is 10.8. The lowest BCUT2D eigenvalue weighted by molar-refractivity contribution is 0.0696. The van der Waals surface area contributed by atoms with E-state index < -0.39 is 16.0 Å². The second-order valence-corrected chi connectivity index (χ2v) is 7.62. The number of thiophene rings is 1. The van der Waals surface area contributed by atoms with Gasteiger partial charge in [0.1, 0.15) is 4.21 Å². The normalized spacial score (nSPS) is 11.4. The van der Waals surface area contributed by atoms with Crippen molar-refractivity contribution >= 4 is 43.3 Å². The summed E-state index contributed by atoms with van der Waals surface area (Å²) in [6.07, 6.45) is 0. The number of benzene rings is 1. The first-order valence-corrected chi connectivity index (χ1v) is 8.60. The second kappa shape index (κ2) is 6.04. The van der Waals surface area contributed by atoms with Gasteiger partial charge in [-0.15, -0.1) is 11.3 Å². The average molecular weight is 376 g/mol. The first-order valence-electron chi connectivity index (χ1n) is 5.45. The van der Waals surface area contributed by atoms with Crippen LogP contribution in [0, 0.1) is 0 Å². The van der Waals surface area contributed by atoms with Gasteiger partial charge >= 0.3 is 5.97 Å². The Kier molecular flexibility index (Phi) is 4.59. The Labute approximate surface area is 128 Å². The van der Waals surface area contributed by atoms with E-state index in [1.54, 1.807) is 23.6 Å². The molecule has 0 aliphatic heterocycles. The third-order valence-electron chi connectivity index (χ3n) is 2.47. The fourth-order valence-corrected chi connectivity index (χ4v) is 4.93. The van der Waals surface area contributed by atoms with E-state index in [2.05, 4.69) is 20.7 Å². The van der Waals surface area contributed by atoms with Gasteiger partial charge in [0.05, 0.1) is 5.56 Å². The van der Waals surface area contributed by atoms with E-state index in [0.29, 0.717) is 10.0 Å². The molecule has 0 spiro atoms. The molecule has 0 aliphatic carbocycles. The minimum absolute atomic E-state index is 0.0355. The van der Waals surface area contributed by atoms with Crippen LogP contribution in [0.1, 0.15) is 15.9 Å². The van der Waals surface area contributed by atoms with Crippen LogP contribution in [0.2, 0.25) is 0 Å². The summed E-state index contributed by atoms with van der Waals surface area (Å²) in [5.74, 6) is -1.05. The van der Waals surface area contributed by atoms with Crippen molar-refractivity contribution in [2.75, 3.05) is 0 Å². The monoisotopic (exact) mass is 375 g/mol. The highest BCUT2D eigenvalue weighted by atomic mass is 79.9. The van der Waals surface area contributed by atoms with Gasteiger partial charge in [-0.2, -0.15) is 0 Å². The van der Waals surface area contributed by atoms with Crippen LogP contribution in [0.4, 0.5) is 0 Å². The van der Waals surface area contributed by atoms with E-state index in [9.17, 15) is 13.2 Å². The molecule has 2 N–H and O–H groups in total. The van der Waals surface area contributed by atoms with Crippen molar-refractivity contribution in [1.82, 2.24) is 4.72 Å². The molecule has 8 heteroatoms. The molecule has 20 heavy (non-hydrogen) atoms. The van der Waals surface area contributed by atoms with Crippen molar-refractivity contribution in [3.8, 4) is 0 Å². The predicted molar refractivity (Wildman–Crippen MR) is 79.4 cm³/mol. The number of aromatic carboxylic acids is 1. The number of carboxylic acids is 1. The zero-order valence-electron chi connectivity index (χ0n) is 10.0. The second-order valence-electron chi connectivity index (χ2n) is 3.89. The first kappa shape index (κ1) is 15.2. The number of halogens is 1. The summed E-state index contributed by atoms with van der Waals surface area (Å²) in [5.41, 5.74) is 0.708. The molecule has 0 aliphatic rings. The van der Waals surface area contributed by atoms with Crippen LogP contribution < -0.4 is 4.72 Å². The van der Waals surface area contributed by atoms with Crippen LogP contribution in [0.5, 0.6) is 0 Å². The Morgan fingerprint density at radius 2 is 2.10 bits per heavy atom. The van der Waals surface area contributed by atoms with Gasteiger partial charge in [0.15, 0.2) is 0 Å².